The molecule has 2 atom stereocenters. The summed E-state index contributed by atoms with van der Waals surface area (Å²) in [4.78, 5) is 23.6. The number of nitrogens with zero attached hydrogens (tertiary/aromatic N) is 1. The monoisotopic (exact) mass is 253 g/mol. The van der Waals surface area contributed by atoms with Crippen LogP contribution in [0.1, 0.15) is 27.7 Å². The van der Waals surface area contributed by atoms with Gasteiger partial charge in [0, 0.05) is 0 Å². The fourth-order valence-electron chi connectivity index (χ4n) is 2.18. The summed E-state index contributed by atoms with van der Waals surface area (Å²) in [5.74, 6) is -0.537. The highest BCUT2D eigenvalue weighted by Gasteiger charge is 2.57. The molecule has 0 bridgehead atoms. The van der Waals surface area contributed by atoms with E-state index < -0.39 is 14.2 Å². The van der Waals surface area contributed by atoms with Crippen molar-refractivity contribution in [2.24, 2.45) is 5.92 Å². The molecule has 0 radical (unpaired) electrons. The lowest BCUT2D eigenvalue weighted by Gasteiger charge is -2.57. The van der Waals surface area contributed by atoms with Crippen molar-refractivity contribution >= 4 is 19.9 Å². The molecule has 96 valence electrons. The van der Waals surface area contributed by atoms with Crippen molar-refractivity contribution in [1.82, 2.24) is 4.57 Å². The number of ketones is 1. The zero-order valence-electron chi connectivity index (χ0n) is 11.7. The Labute approximate surface area is 105 Å². The number of Topliss-reactive ketones (excluding diaryl/α,β-unsaturated/α-hetero) is 1. The number of amides is 1. The van der Waals surface area contributed by atoms with Crippen LogP contribution in [0.15, 0.2) is 12.7 Å². The molecule has 1 amide bonds. The van der Waals surface area contributed by atoms with Gasteiger partial charge >= 0.3 is 0 Å². The molecule has 1 fully saturated rings. The first-order valence-corrected chi connectivity index (χ1v) is 8.96. The van der Waals surface area contributed by atoms with Gasteiger partial charge in [-0.1, -0.05) is 39.9 Å². The molecule has 0 aromatic heterocycles. The van der Waals surface area contributed by atoms with Gasteiger partial charge in [0.2, 0.25) is 5.91 Å². The van der Waals surface area contributed by atoms with Crippen molar-refractivity contribution in [2.45, 2.75) is 51.9 Å². The number of carbonyl (C=O) groups excluding carboxylic acids is 2. The highest BCUT2D eigenvalue weighted by molar-refractivity contribution is 6.80. The summed E-state index contributed by atoms with van der Waals surface area (Å²) in [5.41, 5.74) is 0. The van der Waals surface area contributed by atoms with Crippen LogP contribution in [0.2, 0.25) is 18.1 Å². The topological polar surface area (TPSA) is 37.4 Å². The van der Waals surface area contributed by atoms with Crippen LogP contribution < -0.4 is 0 Å². The van der Waals surface area contributed by atoms with Crippen LogP contribution in [0.3, 0.4) is 0 Å². The molecule has 1 rings (SSSR count). The second-order valence-electron chi connectivity index (χ2n) is 6.33. The first kappa shape index (κ1) is 14.2. The van der Waals surface area contributed by atoms with Gasteiger partial charge in [-0.2, -0.15) is 0 Å². The van der Waals surface area contributed by atoms with Crippen molar-refractivity contribution in [2.75, 3.05) is 0 Å². The molecule has 1 aliphatic rings. The molecule has 1 saturated heterocycles. The smallest absolute Gasteiger partial charge is 0.228 e. The minimum absolute atomic E-state index is 0.00556. The Balaban J connectivity index is 3.06. The summed E-state index contributed by atoms with van der Waals surface area (Å²) in [5, 5.41) is 0.0890. The molecule has 0 saturated carbocycles. The standard InChI is InChI=1S/C13H23NO2Si/c1-8-10-11(9(2)15)12(16)14(10)17(6,7)13(3,4)5/h8,10-11H,1H2,2-7H3/t10-,11-/m1/s1. The van der Waals surface area contributed by atoms with Gasteiger partial charge in [0.15, 0.2) is 8.24 Å². The fourth-order valence-corrected chi connectivity index (χ4v) is 4.59. The first-order valence-electron chi connectivity index (χ1n) is 6.02. The molecular weight excluding hydrogens is 230 g/mol. The molecule has 0 spiro atoms. The van der Waals surface area contributed by atoms with E-state index in [4.69, 9.17) is 0 Å². The van der Waals surface area contributed by atoms with Crippen LogP contribution in [0.4, 0.5) is 0 Å². The van der Waals surface area contributed by atoms with E-state index in [1.54, 1.807) is 6.08 Å². The van der Waals surface area contributed by atoms with Crippen LogP contribution in [-0.2, 0) is 9.59 Å². The van der Waals surface area contributed by atoms with Gasteiger partial charge in [-0.25, -0.2) is 0 Å². The van der Waals surface area contributed by atoms with Crippen molar-refractivity contribution < 1.29 is 9.59 Å². The van der Waals surface area contributed by atoms with E-state index in [-0.39, 0.29) is 22.8 Å². The Hall–Kier alpha value is -0.903. The van der Waals surface area contributed by atoms with E-state index in [9.17, 15) is 9.59 Å². The van der Waals surface area contributed by atoms with Gasteiger partial charge < -0.3 is 4.57 Å². The Morgan fingerprint density at radius 2 is 1.88 bits per heavy atom. The molecule has 0 aromatic rings. The van der Waals surface area contributed by atoms with Crippen LogP contribution in [0.5, 0.6) is 0 Å². The number of β-lactam (4-membered cyclic amide) rings is 1. The lowest BCUT2D eigenvalue weighted by Crippen LogP contribution is -2.73. The normalized spacial score (nSPS) is 25.5. The first-order chi connectivity index (χ1) is 7.55. The van der Waals surface area contributed by atoms with Crippen LogP contribution in [-0.4, -0.2) is 30.5 Å². The minimum atomic E-state index is -1.90. The summed E-state index contributed by atoms with van der Waals surface area (Å²) in [6.07, 6.45) is 1.74. The van der Waals surface area contributed by atoms with E-state index in [1.807, 2.05) is 4.57 Å². The molecule has 0 unspecified atom stereocenters. The second kappa shape index (κ2) is 4.09. The van der Waals surface area contributed by atoms with Crippen molar-refractivity contribution in [3.8, 4) is 0 Å². The summed E-state index contributed by atoms with van der Waals surface area (Å²) >= 11 is 0. The number of hydrogen-bond acceptors (Lipinski definition) is 2. The van der Waals surface area contributed by atoms with E-state index in [1.165, 1.54) is 6.92 Å². The van der Waals surface area contributed by atoms with Crippen LogP contribution in [0, 0.1) is 5.92 Å². The molecule has 0 aromatic carbocycles. The summed E-state index contributed by atoms with van der Waals surface area (Å²) < 4.78 is 1.94. The third kappa shape index (κ3) is 1.99. The van der Waals surface area contributed by atoms with Gasteiger partial charge in [-0.15, -0.1) is 6.58 Å². The highest BCUT2D eigenvalue weighted by Crippen LogP contribution is 2.45. The largest absolute Gasteiger partial charge is 0.361 e. The quantitative estimate of drug-likeness (QED) is 0.335. The van der Waals surface area contributed by atoms with Crippen molar-refractivity contribution in [3.05, 3.63) is 12.7 Å². The number of hydrogen-bond donors (Lipinski definition) is 0. The molecule has 0 aliphatic carbocycles. The average molecular weight is 253 g/mol. The SMILES string of the molecule is C=C[C@@H]1[C@@H](C(C)=O)C(=O)N1[Si](C)(C)C(C)(C)C. The van der Waals surface area contributed by atoms with Gasteiger partial charge in [0.25, 0.3) is 0 Å². The van der Waals surface area contributed by atoms with E-state index >= 15 is 0 Å². The Bertz CT molecular complexity index is 368. The maximum atomic E-state index is 12.2. The molecule has 4 heteroatoms. The van der Waals surface area contributed by atoms with E-state index in [0.29, 0.717) is 0 Å². The lowest BCUT2D eigenvalue weighted by molar-refractivity contribution is -0.151. The maximum Gasteiger partial charge on any atom is 0.228 e. The van der Waals surface area contributed by atoms with Gasteiger partial charge in [-0.05, 0) is 12.0 Å². The summed E-state index contributed by atoms with van der Waals surface area (Å²) in [6.45, 7) is 16.1. The van der Waals surface area contributed by atoms with E-state index in [0.717, 1.165) is 0 Å². The molecule has 1 heterocycles. The van der Waals surface area contributed by atoms with Crippen molar-refractivity contribution in [3.63, 3.8) is 0 Å². The summed E-state index contributed by atoms with van der Waals surface area (Å²) in [7, 11) is -1.90. The Morgan fingerprint density at radius 3 is 2.18 bits per heavy atom. The third-order valence-electron chi connectivity index (χ3n) is 4.26. The maximum absolute atomic E-state index is 12.2. The van der Waals surface area contributed by atoms with Crippen LogP contribution >= 0.6 is 0 Å². The Kier molecular flexibility index (Phi) is 3.40. The van der Waals surface area contributed by atoms with Crippen molar-refractivity contribution in [1.29, 1.82) is 0 Å². The van der Waals surface area contributed by atoms with Gasteiger partial charge in [0.05, 0.1) is 6.04 Å². The predicted molar refractivity (Wildman–Crippen MR) is 72.2 cm³/mol. The number of rotatable bonds is 3. The summed E-state index contributed by atoms with van der Waals surface area (Å²) in [6, 6.07) is -0.0964. The van der Waals surface area contributed by atoms with Gasteiger partial charge in [-0.3, -0.25) is 9.59 Å². The lowest BCUT2D eigenvalue weighted by atomic mass is 9.87. The predicted octanol–water partition coefficient (Wildman–Crippen LogP) is 2.59. The van der Waals surface area contributed by atoms with Gasteiger partial charge in [0.1, 0.15) is 11.7 Å². The number of carbonyl (C=O) groups is 2. The molecular formula is C13H23NO2Si. The second-order valence-corrected chi connectivity index (χ2v) is 11.4. The molecule has 17 heavy (non-hydrogen) atoms. The van der Waals surface area contributed by atoms with Crippen LogP contribution in [0.25, 0.3) is 0 Å². The minimum Gasteiger partial charge on any atom is -0.361 e. The highest BCUT2D eigenvalue weighted by atomic mass is 28.3. The average Bonchev–Trinajstić information content (AvgIpc) is 2.10. The zero-order chi connectivity index (χ0) is 13.6. The molecule has 3 nitrogen and oxygen atoms in total. The fraction of sp³-hybridized carbons (Fsp3) is 0.692. The molecule has 0 N–H and O–H groups in total. The third-order valence-corrected chi connectivity index (χ3v) is 9.65. The molecule has 1 aliphatic heterocycles. The van der Waals surface area contributed by atoms with E-state index in [2.05, 4.69) is 40.4 Å². The zero-order valence-corrected chi connectivity index (χ0v) is 12.7. The Morgan fingerprint density at radius 1 is 1.41 bits per heavy atom.